The lowest BCUT2D eigenvalue weighted by atomic mass is 10.4. The molecular formula is C12H24N2O2. The van der Waals surface area contributed by atoms with Gasteiger partial charge in [0.25, 0.3) is 0 Å². The van der Waals surface area contributed by atoms with Crippen LogP contribution in [0.4, 0.5) is 0 Å². The molecule has 0 amide bonds. The Hall–Kier alpha value is -0.600. The molecule has 0 aromatic carbocycles. The molecule has 0 heterocycles. The topological polar surface area (TPSA) is 56.5 Å². The molecule has 0 saturated heterocycles. The van der Waals surface area contributed by atoms with Gasteiger partial charge >= 0.3 is 0 Å². The van der Waals surface area contributed by atoms with E-state index in [0.29, 0.717) is 19.8 Å². The van der Waals surface area contributed by atoms with E-state index in [1.165, 1.54) is 0 Å². The Labute approximate surface area is 98.9 Å². The highest BCUT2D eigenvalue weighted by molar-refractivity contribution is 4.94. The van der Waals surface area contributed by atoms with Gasteiger partial charge in [-0.05, 0) is 26.4 Å². The minimum absolute atomic E-state index is 0.647. The van der Waals surface area contributed by atoms with Crippen molar-refractivity contribution in [1.29, 1.82) is 0 Å². The molecule has 0 aliphatic rings. The number of hydrogen-bond donors (Lipinski definition) is 2. The van der Waals surface area contributed by atoms with Crippen LogP contribution in [0.2, 0.25) is 0 Å². The van der Waals surface area contributed by atoms with Crippen LogP contribution in [0.3, 0.4) is 0 Å². The van der Waals surface area contributed by atoms with Gasteiger partial charge in [-0.1, -0.05) is 0 Å². The fourth-order valence-corrected chi connectivity index (χ4v) is 1.07. The molecule has 0 atom stereocenters. The van der Waals surface area contributed by atoms with Gasteiger partial charge in [0.15, 0.2) is 0 Å². The van der Waals surface area contributed by atoms with Crippen molar-refractivity contribution in [3.05, 3.63) is 0 Å². The molecule has 0 aromatic rings. The van der Waals surface area contributed by atoms with E-state index in [9.17, 15) is 0 Å². The zero-order valence-electron chi connectivity index (χ0n) is 10.3. The first-order valence-electron chi connectivity index (χ1n) is 5.87. The van der Waals surface area contributed by atoms with Crippen LogP contribution < -0.4 is 11.1 Å². The Balaban J connectivity index is 2.89. The summed E-state index contributed by atoms with van der Waals surface area (Å²) < 4.78 is 10.7. The predicted molar refractivity (Wildman–Crippen MR) is 66.2 cm³/mol. The highest BCUT2D eigenvalue weighted by Crippen LogP contribution is 1.82. The van der Waals surface area contributed by atoms with Crippen LogP contribution >= 0.6 is 0 Å². The van der Waals surface area contributed by atoms with Gasteiger partial charge in [0.2, 0.25) is 0 Å². The third kappa shape index (κ3) is 13.4. The van der Waals surface area contributed by atoms with Crippen LogP contribution in [-0.4, -0.2) is 46.1 Å². The summed E-state index contributed by atoms with van der Waals surface area (Å²) in [5.41, 5.74) is 5.36. The Morgan fingerprint density at radius 1 is 1.06 bits per heavy atom. The molecule has 3 N–H and O–H groups in total. The quantitative estimate of drug-likeness (QED) is 0.396. The summed E-state index contributed by atoms with van der Waals surface area (Å²) in [5, 5.41) is 3.24. The van der Waals surface area contributed by atoms with E-state index >= 15 is 0 Å². The minimum Gasteiger partial charge on any atom is -0.378 e. The average Bonchev–Trinajstić information content (AvgIpc) is 2.31. The largest absolute Gasteiger partial charge is 0.378 e. The van der Waals surface area contributed by atoms with Crippen molar-refractivity contribution >= 4 is 0 Å². The van der Waals surface area contributed by atoms with Crippen LogP contribution in [0.15, 0.2) is 0 Å². The van der Waals surface area contributed by atoms with Gasteiger partial charge < -0.3 is 20.5 Å². The van der Waals surface area contributed by atoms with Gasteiger partial charge in [-0.15, -0.1) is 11.8 Å². The summed E-state index contributed by atoms with van der Waals surface area (Å²) in [6.07, 6.45) is 1.82. The summed E-state index contributed by atoms with van der Waals surface area (Å²) in [4.78, 5) is 0. The molecule has 4 nitrogen and oxygen atoms in total. The predicted octanol–water partition coefficient (Wildman–Crippen LogP) is 0.371. The molecule has 0 radical (unpaired) electrons. The Kier molecular flexibility index (Phi) is 13.9. The third-order valence-corrected chi connectivity index (χ3v) is 1.90. The Morgan fingerprint density at radius 2 is 1.81 bits per heavy atom. The van der Waals surface area contributed by atoms with Gasteiger partial charge in [0.05, 0.1) is 26.4 Å². The van der Waals surface area contributed by atoms with Gasteiger partial charge in [-0.25, -0.2) is 0 Å². The van der Waals surface area contributed by atoms with Crippen molar-refractivity contribution in [2.75, 3.05) is 46.1 Å². The highest BCUT2D eigenvalue weighted by Gasteiger charge is 1.90. The second-order valence-electron chi connectivity index (χ2n) is 3.29. The van der Waals surface area contributed by atoms with E-state index in [-0.39, 0.29) is 0 Å². The maximum Gasteiger partial charge on any atom is 0.0701 e. The fraction of sp³-hybridized carbons (Fsp3) is 0.833. The zero-order valence-corrected chi connectivity index (χ0v) is 10.3. The highest BCUT2D eigenvalue weighted by atomic mass is 16.5. The van der Waals surface area contributed by atoms with Gasteiger partial charge in [0.1, 0.15) is 0 Å². The maximum absolute atomic E-state index is 5.37. The number of nitrogens with one attached hydrogen (secondary N) is 1. The first kappa shape index (κ1) is 15.4. The van der Waals surface area contributed by atoms with Crippen LogP contribution in [0.1, 0.15) is 19.8 Å². The molecule has 0 unspecified atom stereocenters. The van der Waals surface area contributed by atoms with Crippen molar-refractivity contribution in [2.24, 2.45) is 5.73 Å². The summed E-state index contributed by atoms with van der Waals surface area (Å²) in [5.74, 6) is 5.77. The Bertz CT molecular complexity index is 187. The summed E-state index contributed by atoms with van der Waals surface area (Å²) in [6.45, 7) is 7.13. The lowest BCUT2D eigenvalue weighted by Crippen LogP contribution is -2.23. The smallest absolute Gasteiger partial charge is 0.0701 e. The summed E-state index contributed by atoms with van der Waals surface area (Å²) >= 11 is 0. The van der Waals surface area contributed by atoms with Crippen LogP contribution in [0.5, 0.6) is 0 Å². The molecule has 94 valence electrons. The molecule has 0 aromatic heterocycles. The molecule has 0 saturated carbocycles. The van der Waals surface area contributed by atoms with E-state index in [2.05, 4.69) is 17.2 Å². The Morgan fingerprint density at radius 3 is 2.50 bits per heavy atom. The first-order chi connectivity index (χ1) is 7.91. The van der Waals surface area contributed by atoms with Crippen molar-refractivity contribution < 1.29 is 9.47 Å². The molecular weight excluding hydrogens is 204 g/mol. The lowest BCUT2D eigenvalue weighted by molar-refractivity contribution is 0.0511. The zero-order chi connectivity index (χ0) is 11.9. The summed E-state index contributed by atoms with van der Waals surface area (Å²) in [7, 11) is 0. The van der Waals surface area contributed by atoms with E-state index in [4.69, 9.17) is 15.2 Å². The monoisotopic (exact) mass is 228 g/mol. The standard InChI is InChI=1S/C12H24N2O2/c1-2-3-4-9-15-11-12-16-10-8-14-7-5-6-13/h14H,4-13H2,1H3. The number of ether oxygens (including phenoxy) is 2. The molecule has 0 bridgehead atoms. The third-order valence-electron chi connectivity index (χ3n) is 1.90. The molecule has 0 fully saturated rings. The average molecular weight is 228 g/mol. The molecule has 4 heteroatoms. The number of hydrogen-bond acceptors (Lipinski definition) is 4. The van der Waals surface area contributed by atoms with E-state index in [0.717, 1.165) is 39.1 Å². The number of rotatable bonds is 11. The van der Waals surface area contributed by atoms with Crippen LogP contribution in [0, 0.1) is 11.8 Å². The van der Waals surface area contributed by atoms with Crippen LogP contribution in [-0.2, 0) is 9.47 Å². The normalized spacial score (nSPS) is 9.88. The van der Waals surface area contributed by atoms with Crippen molar-refractivity contribution in [3.8, 4) is 11.8 Å². The van der Waals surface area contributed by atoms with Gasteiger partial charge in [-0.3, -0.25) is 0 Å². The van der Waals surface area contributed by atoms with E-state index in [1.807, 2.05) is 6.92 Å². The van der Waals surface area contributed by atoms with Crippen molar-refractivity contribution in [1.82, 2.24) is 5.32 Å². The number of nitrogens with two attached hydrogens (primary N) is 1. The first-order valence-corrected chi connectivity index (χ1v) is 5.87. The van der Waals surface area contributed by atoms with Crippen molar-refractivity contribution in [2.45, 2.75) is 19.8 Å². The van der Waals surface area contributed by atoms with E-state index < -0.39 is 0 Å². The minimum atomic E-state index is 0.647. The fourth-order valence-electron chi connectivity index (χ4n) is 1.07. The second-order valence-corrected chi connectivity index (χ2v) is 3.29. The molecule has 0 spiro atoms. The molecule has 0 aliphatic heterocycles. The molecule has 0 rings (SSSR count). The molecule has 16 heavy (non-hydrogen) atoms. The second kappa shape index (κ2) is 14.4. The van der Waals surface area contributed by atoms with Crippen LogP contribution in [0.25, 0.3) is 0 Å². The molecule has 0 aliphatic carbocycles. The lowest BCUT2D eigenvalue weighted by Gasteiger charge is -2.05. The SMILES string of the molecule is CC#CCCOCCOCCNCCCN. The summed E-state index contributed by atoms with van der Waals surface area (Å²) in [6, 6.07) is 0. The van der Waals surface area contributed by atoms with E-state index in [1.54, 1.807) is 0 Å². The van der Waals surface area contributed by atoms with Gasteiger partial charge in [0, 0.05) is 13.0 Å². The van der Waals surface area contributed by atoms with Gasteiger partial charge in [-0.2, -0.15) is 0 Å². The maximum atomic E-state index is 5.37. The van der Waals surface area contributed by atoms with Crippen molar-refractivity contribution in [3.63, 3.8) is 0 Å².